The zero-order chi connectivity index (χ0) is 12.3. The van der Waals surface area contributed by atoms with Gasteiger partial charge in [0.2, 0.25) is 0 Å². The summed E-state index contributed by atoms with van der Waals surface area (Å²) in [5, 5.41) is 3.19. The Balaban J connectivity index is 1.83. The summed E-state index contributed by atoms with van der Waals surface area (Å²) in [5.41, 5.74) is 6.39. The molecule has 0 spiro atoms. The third kappa shape index (κ3) is 2.80. The molecule has 1 fully saturated rings. The van der Waals surface area contributed by atoms with Crippen LogP contribution in [0.1, 0.15) is 5.56 Å². The van der Waals surface area contributed by atoms with E-state index in [1.54, 1.807) is 6.07 Å². The highest BCUT2D eigenvalue weighted by Crippen LogP contribution is 2.24. The number of nitrogens with two attached hydrogens (primary N) is 1. The maximum absolute atomic E-state index is 12.9. The van der Waals surface area contributed by atoms with Gasteiger partial charge in [-0.15, -0.1) is 0 Å². The highest BCUT2D eigenvalue weighted by Gasteiger charge is 2.36. The van der Waals surface area contributed by atoms with Crippen molar-refractivity contribution in [3.05, 3.63) is 35.4 Å². The van der Waals surface area contributed by atoms with Crippen molar-refractivity contribution in [2.45, 2.75) is 6.54 Å². The normalized spacial score (nSPS) is 17.8. The number of nitrogens with one attached hydrogen (secondary N) is 1. The second kappa shape index (κ2) is 5.08. The zero-order valence-electron chi connectivity index (χ0n) is 9.51. The van der Waals surface area contributed by atoms with Gasteiger partial charge in [-0.3, -0.25) is 0 Å². The van der Waals surface area contributed by atoms with Crippen LogP contribution in [-0.4, -0.2) is 26.3 Å². The van der Waals surface area contributed by atoms with E-state index in [0.717, 1.165) is 18.2 Å². The van der Waals surface area contributed by atoms with Gasteiger partial charge in [0.15, 0.2) is 11.6 Å². The van der Waals surface area contributed by atoms with E-state index in [1.165, 1.54) is 6.07 Å². The molecular formula is C12H16F2N2O. The minimum absolute atomic E-state index is 0.0125. The fourth-order valence-corrected chi connectivity index (χ4v) is 1.80. The summed E-state index contributed by atoms with van der Waals surface area (Å²) in [6, 6.07) is 3.91. The van der Waals surface area contributed by atoms with Gasteiger partial charge in [0, 0.05) is 25.0 Å². The van der Waals surface area contributed by atoms with Crippen LogP contribution in [-0.2, 0) is 11.3 Å². The highest BCUT2D eigenvalue weighted by molar-refractivity contribution is 5.17. The summed E-state index contributed by atoms with van der Waals surface area (Å²) < 4.78 is 30.8. The first-order valence-corrected chi connectivity index (χ1v) is 5.58. The molecule has 0 amide bonds. The summed E-state index contributed by atoms with van der Waals surface area (Å²) in [5.74, 6) is -1.63. The van der Waals surface area contributed by atoms with E-state index in [9.17, 15) is 8.78 Å². The third-order valence-corrected chi connectivity index (χ3v) is 3.06. The van der Waals surface area contributed by atoms with Crippen LogP contribution in [0.25, 0.3) is 0 Å². The molecule has 0 bridgehead atoms. The fourth-order valence-electron chi connectivity index (χ4n) is 1.80. The van der Waals surface area contributed by atoms with Crippen LogP contribution >= 0.6 is 0 Å². The third-order valence-electron chi connectivity index (χ3n) is 3.06. The zero-order valence-corrected chi connectivity index (χ0v) is 9.51. The van der Waals surface area contributed by atoms with E-state index in [-0.39, 0.29) is 5.41 Å². The molecule has 1 aliphatic rings. The van der Waals surface area contributed by atoms with Crippen molar-refractivity contribution in [2.24, 2.45) is 11.1 Å². The lowest BCUT2D eigenvalue weighted by molar-refractivity contribution is -0.105. The average Bonchev–Trinajstić information content (AvgIpc) is 2.27. The lowest BCUT2D eigenvalue weighted by atomic mass is 9.86. The van der Waals surface area contributed by atoms with Gasteiger partial charge in [0.25, 0.3) is 0 Å². The van der Waals surface area contributed by atoms with Gasteiger partial charge in [-0.05, 0) is 17.7 Å². The number of rotatable bonds is 5. The van der Waals surface area contributed by atoms with Crippen LogP contribution in [0.4, 0.5) is 8.78 Å². The van der Waals surface area contributed by atoms with Crippen molar-refractivity contribution < 1.29 is 13.5 Å². The largest absolute Gasteiger partial charge is 0.380 e. The van der Waals surface area contributed by atoms with Crippen LogP contribution in [0.2, 0.25) is 0 Å². The van der Waals surface area contributed by atoms with Gasteiger partial charge in [-0.2, -0.15) is 0 Å². The molecule has 94 valence electrons. The molecular weight excluding hydrogens is 226 g/mol. The van der Waals surface area contributed by atoms with E-state index >= 15 is 0 Å². The molecule has 0 aromatic heterocycles. The summed E-state index contributed by atoms with van der Waals surface area (Å²) in [6.45, 7) is 3.11. The Bertz CT molecular complexity index is 389. The molecule has 1 saturated heterocycles. The van der Waals surface area contributed by atoms with Crippen molar-refractivity contribution in [3.8, 4) is 0 Å². The molecule has 0 unspecified atom stereocenters. The quantitative estimate of drug-likeness (QED) is 0.810. The van der Waals surface area contributed by atoms with Crippen LogP contribution in [0, 0.1) is 17.0 Å². The lowest BCUT2D eigenvalue weighted by Gasteiger charge is -2.40. The smallest absolute Gasteiger partial charge is 0.159 e. The van der Waals surface area contributed by atoms with Crippen LogP contribution < -0.4 is 11.1 Å². The Morgan fingerprint density at radius 3 is 2.59 bits per heavy atom. The molecule has 17 heavy (non-hydrogen) atoms. The number of ether oxygens (including phenoxy) is 1. The molecule has 0 aliphatic carbocycles. The fraction of sp³-hybridized carbons (Fsp3) is 0.500. The standard InChI is InChI=1S/C12H16F2N2O/c13-10-2-1-9(3-11(10)14)4-16-6-12(5-15)7-17-8-12/h1-3,16H,4-8,15H2. The van der Waals surface area contributed by atoms with Crippen molar-refractivity contribution in [2.75, 3.05) is 26.3 Å². The predicted molar refractivity (Wildman–Crippen MR) is 60.4 cm³/mol. The number of halogens is 2. The first-order chi connectivity index (χ1) is 8.15. The van der Waals surface area contributed by atoms with Crippen molar-refractivity contribution >= 4 is 0 Å². The Labute approximate surface area is 98.9 Å². The van der Waals surface area contributed by atoms with Crippen molar-refractivity contribution in [1.82, 2.24) is 5.32 Å². The Morgan fingerprint density at radius 1 is 1.29 bits per heavy atom. The molecule has 0 saturated carbocycles. The number of hydrogen-bond acceptors (Lipinski definition) is 3. The van der Waals surface area contributed by atoms with E-state index in [0.29, 0.717) is 26.3 Å². The summed E-state index contributed by atoms with van der Waals surface area (Å²) in [6.07, 6.45) is 0. The first-order valence-electron chi connectivity index (χ1n) is 5.58. The average molecular weight is 242 g/mol. The molecule has 0 atom stereocenters. The van der Waals surface area contributed by atoms with Gasteiger partial charge >= 0.3 is 0 Å². The van der Waals surface area contributed by atoms with Gasteiger partial charge in [-0.25, -0.2) is 8.78 Å². The Morgan fingerprint density at radius 2 is 2.06 bits per heavy atom. The van der Waals surface area contributed by atoms with E-state index in [1.807, 2.05) is 0 Å². The molecule has 5 heteroatoms. The minimum Gasteiger partial charge on any atom is -0.380 e. The number of benzene rings is 1. The lowest BCUT2D eigenvalue weighted by Crippen LogP contribution is -2.54. The Hall–Kier alpha value is -1.04. The van der Waals surface area contributed by atoms with E-state index in [2.05, 4.69) is 5.32 Å². The van der Waals surface area contributed by atoms with Crippen LogP contribution in [0.3, 0.4) is 0 Å². The molecule has 2 rings (SSSR count). The molecule has 3 nitrogen and oxygen atoms in total. The summed E-state index contributed by atoms with van der Waals surface area (Å²) in [4.78, 5) is 0. The first kappa shape index (κ1) is 12.4. The van der Waals surface area contributed by atoms with Crippen molar-refractivity contribution in [3.63, 3.8) is 0 Å². The molecule has 3 N–H and O–H groups in total. The molecule has 0 radical (unpaired) electrons. The summed E-state index contributed by atoms with van der Waals surface area (Å²) in [7, 11) is 0. The SMILES string of the molecule is NCC1(CNCc2ccc(F)c(F)c2)COC1. The number of hydrogen-bond donors (Lipinski definition) is 2. The highest BCUT2D eigenvalue weighted by atomic mass is 19.2. The van der Waals surface area contributed by atoms with Crippen molar-refractivity contribution in [1.29, 1.82) is 0 Å². The van der Waals surface area contributed by atoms with Gasteiger partial charge in [0.1, 0.15) is 0 Å². The monoisotopic (exact) mass is 242 g/mol. The minimum atomic E-state index is -0.820. The van der Waals surface area contributed by atoms with Crippen LogP contribution in [0.5, 0.6) is 0 Å². The topological polar surface area (TPSA) is 47.3 Å². The second-order valence-electron chi connectivity index (χ2n) is 4.55. The van der Waals surface area contributed by atoms with E-state index < -0.39 is 11.6 Å². The van der Waals surface area contributed by atoms with E-state index in [4.69, 9.17) is 10.5 Å². The molecule has 1 heterocycles. The maximum atomic E-state index is 12.9. The molecule has 1 aromatic rings. The Kier molecular flexibility index (Phi) is 3.71. The molecule has 1 aliphatic heterocycles. The van der Waals surface area contributed by atoms with Gasteiger partial charge < -0.3 is 15.8 Å². The maximum Gasteiger partial charge on any atom is 0.159 e. The summed E-state index contributed by atoms with van der Waals surface area (Å²) >= 11 is 0. The molecule has 1 aromatic carbocycles. The van der Waals surface area contributed by atoms with Gasteiger partial charge in [0.05, 0.1) is 13.2 Å². The van der Waals surface area contributed by atoms with Crippen LogP contribution in [0.15, 0.2) is 18.2 Å². The predicted octanol–water partition coefficient (Wildman–Crippen LogP) is 1.03. The second-order valence-corrected chi connectivity index (χ2v) is 4.55. The van der Waals surface area contributed by atoms with Gasteiger partial charge in [-0.1, -0.05) is 6.07 Å².